The number of hydrogen-bond acceptors (Lipinski definition) is 5. The zero-order chi connectivity index (χ0) is 27.5. The van der Waals surface area contributed by atoms with Crippen molar-refractivity contribution in [2.75, 3.05) is 40.4 Å². The molecule has 0 spiro atoms. The molecule has 0 bridgehead atoms. The van der Waals surface area contributed by atoms with E-state index in [0.717, 1.165) is 50.4 Å². The van der Waals surface area contributed by atoms with Gasteiger partial charge >= 0.3 is 6.03 Å². The number of carbonyl (C=O) groups excluding carboxylic acids is 2. The lowest BCUT2D eigenvalue weighted by molar-refractivity contribution is 0.0754. The molecule has 0 aliphatic carbocycles. The fourth-order valence-electron chi connectivity index (χ4n) is 5.75. The van der Waals surface area contributed by atoms with Crippen molar-refractivity contribution in [2.24, 2.45) is 0 Å². The van der Waals surface area contributed by atoms with Crippen LogP contribution in [-0.2, 0) is 6.54 Å². The van der Waals surface area contributed by atoms with E-state index in [0.29, 0.717) is 44.9 Å². The quantitative estimate of drug-likeness (QED) is 0.375. The summed E-state index contributed by atoms with van der Waals surface area (Å²) in [5.74, 6) is 1.63. The Morgan fingerprint density at radius 1 is 1.05 bits per heavy atom. The van der Waals surface area contributed by atoms with Crippen LogP contribution in [0.2, 0.25) is 0 Å². The Labute approximate surface area is 234 Å². The van der Waals surface area contributed by atoms with Crippen molar-refractivity contribution in [3.63, 3.8) is 0 Å². The minimum Gasteiger partial charge on any atom is -0.497 e. The Bertz CT molecular complexity index is 1360. The van der Waals surface area contributed by atoms with Crippen LogP contribution in [0.3, 0.4) is 0 Å². The molecule has 1 atom stereocenters. The molecule has 1 fully saturated rings. The molecular weight excluding hydrogens is 510 g/mol. The largest absolute Gasteiger partial charge is 0.497 e. The number of carbonyl (C=O) groups is 2. The standard InChI is InChI=1S/C31H37N3O4S/c1-5-32-14-9-15-33(30(35)28-18-22-10-6-7-12-27(22)39-28)13-8-11-24-16-21(2)29-23(20-34(24)31(32)36)17-25(37-3)19-26(29)38-4/h6-7,10,12,16-19,21H,5,8-9,11,13-15,20H2,1-4H3. The Morgan fingerprint density at radius 2 is 1.85 bits per heavy atom. The van der Waals surface area contributed by atoms with E-state index in [1.807, 2.05) is 52.0 Å². The summed E-state index contributed by atoms with van der Waals surface area (Å²) in [6.07, 6.45) is 4.42. The van der Waals surface area contributed by atoms with E-state index in [2.05, 4.69) is 25.1 Å². The Morgan fingerprint density at radius 3 is 2.59 bits per heavy atom. The maximum atomic E-state index is 13.9. The maximum absolute atomic E-state index is 13.9. The lowest BCUT2D eigenvalue weighted by Crippen LogP contribution is -2.43. The van der Waals surface area contributed by atoms with Gasteiger partial charge in [0.2, 0.25) is 0 Å². The van der Waals surface area contributed by atoms with Gasteiger partial charge in [-0.1, -0.05) is 31.2 Å². The van der Waals surface area contributed by atoms with Gasteiger partial charge in [-0.2, -0.15) is 0 Å². The number of amides is 3. The lowest BCUT2D eigenvalue weighted by atomic mass is 9.94. The van der Waals surface area contributed by atoms with Crippen molar-refractivity contribution >= 4 is 33.4 Å². The van der Waals surface area contributed by atoms with Gasteiger partial charge in [0, 0.05) is 54.1 Å². The average molecular weight is 548 g/mol. The third kappa shape index (κ3) is 5.48. The zero-order valence-corrected chi connectivity index (χ0v) is 24.1. The number of thiophene rings is 1. The van der Waals surface area contributed by atoms with E-state index in [-0.39, 0.29) is 17.9 Å². The highest BCUT2D eigenvalue weighted by atomic mass is 32.1. The van der Waals surface area contributed by atoms with Gasteiger partial charge < -0.3 is 19.3 Å². The molecule has 3 amide bonds. The van der Waals surface area contributed by atoms with E-state index < -0.39 is 0 Å². The number of nitrogens with zero attached hydrogens (tertiary/aromatic N) is 3. The van der Waals surface area contributed by atoms with Gasteiger partial charge in [-0.15, -0.1) is 11.3 Å². The highest BCUT2D eigenvalue weighted by molar-refractivity contribution is 7.20. The van der Waals surface area contributed by atoms with Crippen LogP contribution >= 0.6 is 11.3 Å². The zero-order valence-electron chi connectivity index (χ0n) is 23.2. The predicted octanol–water partition coefficient (Wildman–Crippen LogP) is 6.49. The van der Waals surface area contributed by atoms with E-state index in [4.69, 9.17) is 9.47 Å². The number of ether oxygens (including phenoxy) is 2. The van der Waals surface area contributed by atoms with Gasteiger partial charge in [-0.25, -0.2) is 4.79 Å². The molecule has 1 unspecified atom stereocenters. The van der Waals surface area contributed by atoms with Crippen LogP contribution in [0, 0.1) is 0 Å². The van der Waals surface area contributed by atoms with Crippen molar-refractivity contribution in [1.29, 1.82) is 0 Å². The minimum absolute atomic E-state index is 0.00914. The van der Waals surface area contributed by atoms with E-state index in [9.17, 15) is 9.59 Å². The van der Waals surface area contributed by atoms with Gasteiger partial charge in [0.25, 0.3) is 5.91 Å². The first kappa shape index (κ1) is 27.1. The van der Waals surface area contributed by atoms with Crippen molar-refractivity contribution in [3.8, 4) is 11.5 Å². The molecule has 1 aromatic heterocycles. The fraction of sp³-hybridized carbons (Fsp3) is 0.419. The summed E-state index contributed by atoms with van der Waals surface area (Å²) < 4.78 is 12.4. The van der Waals surface area contributed by atoms with Gasteiger partial charge in [0.15, 0.2) is 0 Å². The number of rotatable bonds is 4. The summed E-state index contributed by atoms with van der Waals surface area (Å²) in [6, 6.07) is 14.1. The molecule has 2 aliphatic rings. The average Bonchev–Trinajstić information content (AvgIpc) is 3.32. The third-order valence-corrected chi connectivity index (χ3v) is 8.86. The fourth-order valence-corrected chi connectivity index (χ4v) is 6.79. The van der Waals surface area contributed by atoms with Crippen LogP contribution < -0.4 is 9.47 Å². The molecule has 1 saturated heterocycles. The smallest absolute Gasteiger partial charge is 0.324 e. The molecule has 3 aromatic rings. The number of benzene rings is 2. The van der Waals surface area contributed by atoms with Crippen LogP contribution in [-0.4, -0.2) is 67.0 Å². The monoisotopic (exact) mass is 547 g/mol. The molecule has 3 heterocycles. The molecule has 5 rings (SSSR count). The third-order valence-electron chi connectivity index (χ3n) is 7.75. The van der Waals surface area contributed by atoms with Crippen molar-refractivity contribution in [3.05, 3.63) is 70.2 Å². The number of fused-ring (bicyclic) bond motifs is 3. The molecule has 39 heavy (non-hydrogen) atoms. The SMILES string of the molecule is CCN1CCCN(C(=O)c2cc3ccccc3s2)CCCC2=CC(C)c3c(cc(OC)cc3OC)CN2C1=O. The predicted molar refractivity (Wildman–Crippen MR) is 156 cm³/mol. The second-order valence-electron chi connectivity index (χ2n) is 10.2. The molecule has 0 radical (unpaired) electrons. The van der Waals surface area contributed by atoms with Crippen LogP contribution in [0.1, 0.15) is 59.8 Å². The summed E-state index contributed by atoms with van der Waals surface area (Å²) in [7, 11) is 3.32. The molecule has 2 aromatic carbocycles. The van der Waals surface area contributed by atoms with E-state index in [1.54, 1.807) is 25.6 Å². The highest BCUT2D eigenvalue weighted by Crippen LogP contribution is 2.40. The molecule has 0 N–H and O–H groups in total. The second kappa shape index (κ2) is 11.7. The van der Waals surface area contributed by atoms with Crippen molar-refractivity contribution in [1.82, 2.24) is 14.7 Å². The first-order chi connectivity index (χ1) is 18.9. The highest BCUT2D eigenvalue weighted by Gasteiger charge is 2.31. The van der Waals surface area contributed by atoms with Crippen LogP contribution in [0.15, 0.2) is 54.2 Å². The molecule has 0 saturated carbocycles. The van der Waals surface area contributed by atoms with Crippen LogP contribution in [0.4, 0.5) is 4.79 Å². The van der Waals surface area contributed by atoms with Gasteiger partial charge in [-0.05, 0) is 55.3 Å². The van der Waals surface area contributed by atoms with Crippen molar-refractivity contribution < 1.29 is 19.1 Å². The maximum Gasteiger partial charge on any atom is 0.324 e. The molecule has 8 heteroatoms. The van der Waals surface area contributed by atoms with Gasteiger partial charge in [0.1, 0.15) is 11.5 Å². The summed E-state index contributed by atoms with van der Waals surface area (Å²) in [4.78, 5) is 34.1. The number of hydrogen-bond donors (Lipinski definition) is 0. The first-order valence-corrected chi connectivity index (χ1v) is 14.5. The molecule has 7 nitrogen and oxygen atoms in total. The number of urea groups is 1. The molecule has 2 aliphatic heterocycles. The van der Waals surface area contributed by atoms with Gasteiger partial charge in [0.05, 0.1) is 25.6 Å². The number of allylic oxidation sites excluding steroid dienone is 2. The van der Waals surface area contributed by atoms with E-state index >= 15 is 0 Å². The Kier molecular flexibility index (Phi) is 8.12. The summed E-state index contributed by atoms with van der Waals surface area (Å²) in [5.41, 5.74) is 3.12. The van der Waals surface area contributed by atoms with Gasteiger partial charge in [-0.3, -0.25) is 9.69 Å². The van der Waals surface area contributed by atoms with E-state index in [1.165, 1.54) is 0 Å². The van der Waals surface area contributed by atoms with Crippen LogP contribution in [0.25, 0.3) is 10.1 Å². The summed E-state index contributed by atoms with van der Waals surface area (Å²) in [5, 5.41) is 1.10. The molecule has 206 valence electrons. The van der Waals surface area contributed by atoms with Crippen LogP contribution in [0.5, 0.6) is 11.5 Å². The minimum atomic E-state index is 0.00914. The normalized spacial score (nSPS) is 18.6. The Hall–Kier alpha value is -3.52. The topological polar surface area (TPSA) is 62.3 Å². The number of methoxy groups -OCH3 is 2. The summed E-state index contributed by atoms with van der Waals surface area (Å²) >= 11 is 1.55. The Balaban J connectivity index is 1.45. The summed E-state index contributed by atoms with van der Waals surface area (Å²) in [6.45, 7) is 7.10. The van der Waals surface area contributed by atoms with Crippen molar-refractivity contribution in [2.45, 2.75) is 45.6 Å². The molecular formula is C31H37N3O4S. The lowest BCUT2D eigenvalue weighted by Gasteiger charge is -2.31. The first-order valence-electron chi connectivity index (χ1n) is 13.7. The second-order valence-corrected chi connectivity index (χ2v) is 11.3.